The molecule has 0 unspecified atom stereocenters. The van der Waals surface area contributed by atoms with E-state index in [0.717, 1.165) is 28.1 Å². The smallest absolute Gasteiger partial charge is 0.262 e. The van der Waals surface area contributed by atoms with E-state index in [1.807, 2.05) is 13.8 Å². The number of aromatic nitrogens is 2. The molecule has 1 amide bonds. The first-order valence-electron chi connectivity index (χ1n) is 7.88. The second-order valence-electron chi connectivity index (χ2n) is 6.02. The number of carbonyl (C=O) groups excluding carboxylic acids is 1. The highest BCUT2D eigenvalue weighted by Gasteiger charge is 2.27. The third-order valence-electron chi connectivity index (χ3n) is 4.63. The Bertz CT molecular complexity index is 796. The van der Waals surface area contributed by atoms with Crippen molar-refractivity contribution in [2.75, 3.05) is 13.2 Å². The van der Waals surface area contributed by atoms with Crippen LogP contribution in [0.2, 0.25) is 0 Å². The summed E-state index contributed by atoms with van der Waals surface area (Å²) in [5.41, 5.74) is 0.896. The van der Waals surface area contributed by atoms with Crippen LogP contribution in [0.1, 0.15) is 29.7 Å². The maximum Gasteiger partial charge on any atom is 0.262 e. The van der Waals surface area contributed by atoms with Crippen molar-refractivity contribution >= 4 is 27.5 Å². The Hall–Kier alpha value is -1.73. The van der Waals surface area contributed by atoms with Gasteiger partial charge in [0.2, 0.25) is 5.91 Å². The number of aryl methyl sites for hydroxylation is 3. The molecule has 3 heterocycles. The SMILES string of the molecule is Cc1sc2ncn(CCC(=O)N3CCC[C@@H]3CO)c(=O)c2c1C. The van der Waals surface area contributed by atoms with Gasteiger partial charge in [-0.15, -0.1) is 11.3 Å². The fourth-order valence-corrected chi connectivity index (χ4v) is 4.13. The van der Waals surface area contributed by atoms with E-state index in [4.69, 9.17) is 0 Å². The number of thiophene rings is 1. The van der Waals surface area contributed by atoms with Crippen molar-refractivity contribution in [3.63, 3.8) is 0 Å². The third-order valence-corrected chi connectivity index (χ3v) is 5.75. The third kappa shape index (κ3) is 2.90. The van der Waals surface area contributed by atoms with Gasteiger partial charge in [0.25, 0.3) is 5.56 Å². The van der Waals surface area contributed by atoms with Gasteiger partial charge in [-0.2, -0.15) is 0 Å². The zero-order valence-electron chi connectivity index (χ0n) is 13.4. The van der Waals surface area contributed by atoms with Gasteiger partial charge in [0.1, 0.15) is 4.83 Å². The van der Waals surface area contributed by atoms with E-state index in [1.54, 1.807) is 4.90 Å². The van der Waals surface area contributed by atoms with Crippen molar-refractivity contribution in [1.82, 2.24) is 14.5 Å². The summed E-state index contributed by atoms with van der Waals surface area (Å²) in [7, 11) is 0. The molecule has 23 heavy (non-hydrogen) atoms. The average Bonchev–Trinajstić information content (AvgIpc) is 3.12. The van der Waals surface area contributed by atoms with Gasteiger partial charge < -0.3 is 10.0 Å². The van der Waals surface area contributed by atoms with Crippen molar-refractivity contribution < 1.29 is 9.90 Å². The highest BCUT2D eigenvalue weighted by atomic mass is 32.1. The molecule has 1 aliphatic heterocycles. The summed E-state index contributed by atoms with van der Waals surface area (Å²) in [6.07, 6.45) is 3.56. The van der Waals surface area contributed by atoms with Crippen molar-refractivity contribution in [1.29, 1.82) is 0 Å². The van der Waals surface area contributed by atoms with E-state index in [9.17, 15) is 14.7 Å². The lowest BCUT2D eigenvalue weighted by atomic mass is 10.2. The predicted molar refractivity (Wildman–Crippen MR) is 89.8 cm³/mol. The van der Waals surface area contributed by atoms with Crippen LogP contribution in [-0.2, 0) is 11.3 Å². The summed E-state index contributed by atoms with van der Waals surface area (Å²) in [5, 5.41) is 9.97. The van der Waals surface area contributed by atoms with E-state index in [1.165, 1.54) is 22.2 Å². The van der Waals surface area contributed by atoms with Crippen molar-refractivity contribution in [3.8, 4) is 0 Å². The highest BCUT2D eigenvalue weighted by molar-refractivity contribution is 7.18. The van der Waals surface area contributed by atoms with Gasteiger partial charge in [-0.25, -0.2) is 4.98 Å². The second kappa shape index (κ2) is 6.41. The normalized spacial score (nSPS) is 18.0. The highest BCUT2D eigenvalue weighted by Crippen LogP contribution is 2.25. The first kappa shape index (κ1) is 16.1. The predicted octanol–water partition coefficient (Wildman–Crippen LogP) is 1.45. The zero-order chi connectivity index (χ0) is 16.6. The van der Waals surface area contributed by atoms with Crippen LogP contribution in [-0.4, -0.2) is 44.7 Å². The van der Waals surface area contributed by atoms with Crippen LogP contribution in [0.15, 0.2) is 11.1 Å². The summed E-state index contributed by atoms with van der Waals surface area (Å²) < 4.78 is 1.52. The van der Waals surface area contributed by atoms with Crippen molar-refractivity contribution in [2.24, 2.45) is 0 Å². The molecule has 0 aromatic carbocycles. The molecule has 6 nitrogen and oxygen atoms in total. The molecule has 1 saturated heterocycles. The Morgan fingerprint density at radius 3 is 3.00 bits per heavy atom. The minimum Gasteiger partial charge on any atom is -0.394 e. The monoisotopic (exact) mass is 335 g/mol. The van der Waals surface area contributed by atoms with E-state index >= 15 is 0 Å². The minimum absolute atomic E-state index is 0.00653. The average molecular weight is 335 g/mol. The number of fused-ring (bicyclic) bond motifs is 1. The molecular formula is C16H21N3O3S. The Kier molecular flexibility index (Phi) is 4.50. The number of likely N-dealkylation sites (tertiary alicyclic amines) is 1. The quantitative estimate of drug-likeness (QED) is 0.917. The minimum atomic E-state index is -0.0789. The van der Waals surface area contributed by atoms with Crippen LogP contribution in [0.3, 0.4) is 0 Å². The number of carbonyl (C=O) groups is 1. The molecule has 1 atom stereocenters. The molecule has 0 spiro atoms. The fourth-order valence-electron chi connectivity index (χ4n) is 3.14. The molecular weight excluding hydrogens is 314 g/mol. The van der Waals surface area contributed by atoms with Gasteiger partial charge in [-0.05, 0) is 32.3 Å². The van der Waals surface area contributed by atoms with E-state index < -0.39 is 0 Å². The second-order valence-corrected chi connectivity index (χ2v) is 7.23. The Morgan fingerprint density at radius 1 is 1.48 bits per heavy atom. The topological polar surface area (TPSA) is 75.4 Å². The molecule has 1 N–H and O–H groups in total. The summed E-state index contributed by atoms with van der Waals surface area (Å²) in [6.45, 7) is 4.94. The van der Waals surface area contributed by atoms with Gasteiger partial charge in [0, 0.05) is 24.4 Å². The Morgan fingerprint density at radius 2 is 2.26 bits per heavy atom. The maximum absolute atomic E-state index is 12.6. The Labute approximate surface area is 138 Å². The number of hydrogen-bond donors (Lipinski definition) is 1. The summed E-state index contributed by atoms with van der Waals surface area (Å²) in [4.78, 5) is 32.8. The molecule has 0 radical (unpaired) electrons. The number of aliphatic hydroxyl groups is 1. The van der Waals surface area contributed by atoms with Crippen LogP contribution in [0.5, 0.6) is 0 Å². The molecule has 0 saturated carbocycles. The van der Waals surface area contributed by atoms with Crippen molar-refractivity contribution in [3.05, 3.63) is 27.1 Å². The molecule has 1 aliphatic rings. The molecule has 7 heteroatoms. The van der Waals surface area contributed by atoms with Crippen molar-refractivity contribution in [2.45, 2.75) is 45.7 Å². The first-order valence-corrected chi connectivity index (χ1v) is 8.70. The largest absolute Gasteiger partial charge is 0.394 e. The van der Waals surface area contributed by atoms with Crippen LogP contribution >= 0.6 is 11.3 Å². The molecule has 124 valence electrons. The fraction of sp³-hybridized carbons (Fsp3) is 0.562. The maximum atomic E-state index is 12.6. The standard InChI is InChI=1S/C16H21N3O3S/c1-10-11(2)23-15-14(10)16(22)18(9-17-15)7-5-13(21)19-6-3-4-12(19)8-20/h9,12,20H,3-8H2,1-2H3/t12-/m1/s1. The van der Waals surface area contributed by atoms with E-state index in [-0.39, 0.29) is 30.5 Å². The van der Waals surface area contributed by atoms with Gasteiger partial charge in [-0.1, -0.05) is 0 Å². The lowest BCUT2D eigenvalue weighted by molar-refractivity contribution is -0.132. The number of rotatable bonds is 4. The molecule has 2 aromatic heterocycles. The van der Waals surface area contributed by atoms with Crippen LogP contribution < -0.4 is 5.56 Å². The van der Waals surface area contributed by atoms with E-state index in [0.29, 0.717) is 18.5 Å². The molecule has 0 bridgehead atoms. The van der Waals surface area contributed by atoms with Crippen LogP contribution in [0, 0.1) is 13.8 Å². The molecule has 3 rings (SSSR count). The van der Waals surface area contributed by atoms with Crippen LogP contribution in [0.25, 0.3) is 10.2 Å². The lowest BCUT2D eigenvalue weighted by Gasteiger charge is -2.23. The van der Waals surface area contributed by atoms with E-state index in [2.05, 4.69) is 4.98 Å². The molecule has 0 aliphatic carbocycles. The summed E-state index contributed by atoms with van der Waals surface area (Å²) in [6, 6.07) is -0.0680. The van der Waals surface area contributed by atoms with Gasteiger partial charge in [0.05, 0.1) is 24.4 Å². The number of aliphatic hydroxyl groups excluding tert-OH is 1. The lowest BCUT2D eigenvalue weighted by Crippen LogP contribution is -2.38. The Balaban J connectivity index is 1.77. The molecule has 2 aromatic rings. The van der Waals surface area contributed by atoms with Gasteiger partial charge in [0.15, 0.2) is 0 Å². The number of amides is 1. The summed E-state index contributed by atoms with van der Waals surface area (Å²) >= 11 is 1.52. The van der Waals surface area contributed by atoms with Gasteiger partial charge >= 0.3 is 0 Å². The first-order chi connectivity index (χ1) is 11.0. The number of hydrogen-bond acceptors (Lipinski definition) is 5. The van der Waals surface area contributed by atoms with Gasteiger partial charge in [-0.3, -0.25) is 14.2 Å². The zero-order valence-corrected chi connectivity index (χ0v) is 14.2. The molecule has 1 fully saturated rings. The number of nitrogens with zero attached hydrogens (tertiary/aromatic N) is 3. The summed E-state index contributed by atoms with van der Waals surface area (Å²) in [5.74, 6) is -0.00762. The van der Waals surface area contributed by atoms with Crippen LogP contribution in [0.4, 0.5) is 0 Å².